The van der Waals surface area contributed by atoms with Gasteiger partial charge in [0.2, 0.25) is 5.91 Å². The van der Waals surface area contributed by atoms with Crippen LogP contribution in [0.1, 0.15) is 41.0 Å². The van der Waals surface area contributed by atoms with E-state index in [-0.39, 0.29) is 18.3 Å². The maximum atomic E-state index is 11.7. The summed E-state index contributed by atoms with van der Waals surface area (Å²) in [6, 6.07) is 2.74. The first kappa shape index (κ1) is 17.5. The second-order valence-corrected chi connectivity index (χ2v) is 6.85. The van der Waals surface area contributed by atoms with Crippen molar-refractivity contribution in [1.29, 1.82) is 0 Å². The molecular weight excluding hydrogens is 292 g/mol. The molecule has 1 fully saturated rings. The minimum Gasteiger partial charge on any atom is -0.355 e. The van der Waals surface area contributed by atoms with Crippen molar-refractivity contribution in [3.63, 3.8) is 0 Å². The Labute approximate surface area is 131 Å². The van der Waals surface area contributed by atoms with Crippen molar-refractivity contribution in [1.82, 2.24) is 10.6 Å². The molecule has 114 valence electrons. The van der Waals surface area contributed by atoms with E-state index in [1.54, 1.807) is 0 Å². The SMILES string of the molecule is Cc1cc(CCCC(=O)NCC2CCCN2)c(C)s1.Cl. The fraction of sp³-hybridized carbons (Fsp3) is 0.667. The lowest BCUT2D eigenvalue weighted by Gasteiger charge is -2.11. The van der Waals surface area contributed by atoms with Crippen LogP contribution < -0.4 is 10.6 Å². The molecule has 0 spiro atoms. The van der Waals surface area contributed by atoms with Crippen LogP contribution in [-0.2, 0) is 11.2 Å². The van der Waals surface area contributed by atoms with Crippen LogP contribution in [0.4, 0.5) is 0 Å². The number of aryl methyl sites for hydroxylation is 3. The van der Waals surface area contributed by atoms with Crippen molar-refractivity contribution < 1.29 is 4.79 Å². The number of nitrogens with one attached hydrogen (secondary N) is 2. The van der Waals surface area contributed by atoms with Gasteiger partial charge in [-0.2, -0.15) is 0 Å². The van der Waals surface area contributed by atoms with Gasteiger partial charge in [0.05, 0.1) is 0 Å². The van der Waals surface area contributed by atoms with E-state index in [9.17, 15) is 4.79 Å². The Morgan fingerprint density at radius 3 is 2.90 bits per heavy atom. The van der Waals surface area contributed by atoms with Crippen LogP contribution in [0.3, 0.4) is 0 Å². The first-order valence-electron chi connectivity index (χ1n) is 7.21. The molecular formula is C15H25ClN2OS. The van der Waals surface area contributed by atoms with Crippen LogP contribution >= 0.6 is 23.7 Å². The topological polar surface area (TPSA) is 41.1 Å². The van der Waals surface area contributed by atoms with Gasteiger partial charge < -0.3 is 10.6 Å². The standard InChI is InChI=1S/C15H24N2OS.ClH/c1-11-9-13(12(2)19-11)5-3-7-15(18)17-10-14-6-4-8-16-14;/h9,14,16H,3-8,10H2,1-2H3,(H,17,18);1H. The van der Waals surface area contributed by atoms with Crippen molar-refractivity contribution in [2.24, 2.45) is 0 Å². The molecule has 1 aromatic heterocycles. The van der Waals surface area contributed by atoms with Crippen molar-refractivity contribution in [2.45, 2.75) is 52.0 Å². The third kappa shape index (κ3) is 5.43. The third-order valence-electron chi connectivity index (χ3n) is 3.70. The Morgan fingerprint density at radius 2 is 2.30 bits per heavy atom. The molecule has 0 saturated carbocycles. The number of hydrogen-bond donors (Lipinski definition) is 2. The van der Waals surface area contributed by atoms with Crippen LogP contribution in [0.25, 0.3) is 0 Å². The quantitative estimate of drug-likeness (QED) is 0.847. The summed E-state index contributed by atoms with van der Waals surface area (Å²) in [4.78, 5) is 14.5. The molecule has 5 heteroatoms. The van der Waals surface area contributed by atoms with Crippen LogP contribution in [0.5, 0.6) is 0 Å². The molecule has 2 N–H and O–H groups in total. The summed E-state index contributed by atoms with van der Waals surface area (Å²) < 4.78 is 0. The molecule has 1 aliphatic heterocycles. The average Bonchev–Trinajstić information content (AvgIpc) is 2.97. The number of thiophene rings is 1. The van der Waals surface area contributed by atoms with Gasteiger partial charge in [0.25, 0.3) is 0 Å². The minimum atomic E-state index is 0. The Hall–Kier alpha value is -0.580. The van der Waals surface area contributed by atoms with Crippen LogP contribution in [-0.4, -0.2) is 25.0 Å². The van der Waals surface area contributed by atoms with E-state index >= 15 is 0 Å². The second-order valence-electron chi connectivity index (χ2n) is 5.39. The molecule has 20 heavy (non-hydrogen) atoms. The van der Waals surface area contributed by atoms with E-state index in [1.165, 1.54) is 28.2 Å². The first-order valence-corrected chi connectivity index (χ1v) is 8.03. The fourth-order valence-corrected chi connectivity index (χ4v) is 3.60. The zero-order valence-electron chi connectivity index (χ0n) is 12.3. The number of carbonyl (C=O) groups excluding carboxylic acids is 1. The Morgan fingerprint density at radius 1 is 1.50 bits per heavy atom. The summed E-state index contributed by atoms with van der Waals surface area (Å²) >= 11 is 1.85. The maximum Gasteiger partial charge on any atom is 0.220 e. The molecule has 0 radical (unpaired) electrons. The van der Waals surface area contributed by atoms with Gasteiger partial charge in [-0.3, -0.25) is 4.79 Å². The van der Waals surface area contributed by atoms with Crippen LogP contribution in [0.2, 0.25) is 0 Å². The lowest BCUT2D eigenvalue weighted by Crippen LogP contribution is -2.37. The molecule has 1 aromatic rings. The molecule has 1 amide bonds. The molecule has 0 aromatic carbocycles. The smallest absolute Gasteiger partial charge is 0.220 e. The van der Waals surface area contributed by atoms with Gasteiger partial charge in [0.15, 0.2) is 0 Å². The highest BCUT2D eigenvalue weighted by Gasteiger charge is 2.14. The summed E-state index contributed by atoms with van der Waals surface area (Å²) in [6.07, 6.45) is 5.03. The van der Waals surface area contributed by atoms with Crippen molar-refractivity contribution in [3.8, 4) is 0 Å². The highest BCUT2D eigenvalue weighted by molar-refractivity contribution is 7.12. The largest absolute Gasteiger partial charge is 0.355 e. The first-order chi connectivity index (χ1) is 9.15. The molecule has 1 atom stereocenters. The van der Waals surface area contributed by atoms with Crippen LogP contribution in [0.15, 0.2) is 6.07 Å². The molecule has 2 heterocycles. The van der Waals surface area contributed by atoms with Crippen molar-refractivity contribution in [3.05, 3.63) is 21.4 Å². The molecule has 1 unspecified atom stereocenters. The predicted molar refractivity (Wildman–Crippen MR) is 88.0 cm³/mol. The Kier molecular flexibility index (Phi) is 7.56. The summed E-state index contributed by atoms with van der Waals surface area (Å²) in [5.41, 5.74) is 1.41. The fourth-order valence-electron chi connectivity index (χ4n) is 2.63. The van der Waals surface area contributed by atoms with E-state index in [1.807, 2.05) is 11.3 Å². The highest BCUT2D eigenvalue weighted by Crippen LogP contribution is 2.22. The summed E-state index contributed by atoms with van der Waals surface area (Å²) in [5, 5.41) is 6.42. The lowest BCUT2D eigenvalue weighted by atomic mass is 10.1. The summed E-state index contributed by atoms with van der Waals surface area (Å²) in [7, 11) is 0. The molecule has 1 saturated heterocycles. The van der Waals surface area contributed by atoms with Gasteiger partial charge in [-0.05, 0) is 57.7 Å². The highest BCUT2D eigenvalue weighted by atomic mass is 35.5. The number of halogens is 1. The van der Waals surface area contributed by atoms with Crippen molar-refractivity contribution >= 4 is 29.7 Å². The zero-order chi connectivity index (χ0) is 13.7. The Bertz CT molecular complexity index is 428. The van der Waals surface area contributed by atoms with E-state index in [0.29, 0.717) is 12.5 Å². The van der Waals surface area contributed by atoms with Crippen molar-refractivity contribution in [2.75, 3.05) is 13.1 Å². The number of rotatable bonds is 6. The van der Waals surface area contributed by atoms with E-state index in [0.717, 1.165) is 25.9 Å². The van der Waals surface area contributed by atoms with Gasteiger partial charge in [-0.15, -0.1) is 23.7 Å². The lowest BCUT2D eigenvalue weighted by molar-refractivity contribution is -0.121. The molecule has 3 nitrogen and oxygen atoms in total. The van der Waals surface area contributed by atoms with Gasteiger partial charge in [0.1, 0.15) is 0 Å². The van der Waals surface area contributed by atoms with E-state index in [2.05, 4.69) is 30.5 Å². The van der Waals surface area contributed by atoms with Crippen LogP contribution in [0, 0.1) is 13.8 Å². The minimum absolute atomic E-state index is 0. The van der Waals surface area contributed by atoms with E-state index < -0.39 is 0 Å². The third-order valence-corrected chi connectivity index (χ3v) is 4.71. The normalized spacial score (nSPS) is 17.8. The number of carbonyl (C=O) groups is 1. The van der Waals surface area contributed by atoms with E-state index in [4.69, 9.17) is 0 Å². The monoisotopic (exact) mass is 316 g/mol. The summed E-state index contributed by atoms with van der Waals surface area (Å²) in [6.45, 7) is 6.19. The summed E-state index contributed by atoms with van der Waals surface area (Å²) in [5.74, 6) is 0.193. The van der Waals surface area contributed by atoms with Gasteiger partial charge in [-0.25, -0.2) is 0 Å². The number of amides is 1. The second kappa shape index (κ2) is 8.65. The van der Waals surface area contributed by atoms with Gasteiger partial charge in [0, 0.05) is 28.8 Å². The predicted octanol–water partition coefficient (Wildman–Crippen LogP) is 2.98. The molecule has 2 rings (SSSR count). The Balaban J connectivity index is 0.00000200. The zero-order valence-corrected chi connectivity index (χ0v) is 14.0. The molecule has 1 aliphatic rings. The maximum absolute atomic E-state index is 11.7. The molecule has 0 aliphatic carbocycles. The van der Waals surface area contributed by atoms with Gasteiger partial charge >= 0.3 is 0 Å². The average molecular weight is 317 g/mol. The van der Waals surface area contributed by atoms with Gasteiger partial charge in [-0.1, -0.05) is 0 Å². The molecule has 0 bridgehead atoms. The number of hydrogen-bond acceptors (Lipinski definition) is 3.